The first-order valence-electron chi connectivity index (χ1n) is 6.10. The Bertz CT molecular complexity index is 204. The zero-order valence-corrected chi connectivity index (χ0v) is 11.3. The third-order valence-electron chi connectivity index (χ3n) is 3.46. The van der Waals surface area contributed by atoms with Gasteiger partial charge in [0.1, 0.15) is 0 Å². The Morgan fingerprint density at radius 1 is 1.40 bits per heavy atom. The first kappa shape index (κ1) is 13.0. The fourth-order valence-corrected chi connectivity index (χ4v) is 3.03. The van der Waals surface area contributed by atoms with Gasteiger partial charge in [-0.2, -0.15) is 0 Å². The molecule has 0 spiro atoms. The molecule has 0 radical (unpaired) electrons. The molecule has 2 nitrogen and oxygen atoms in total. The standard InChI is InChI=1S/C12H22BrNO/c1-3-9(4-2)12(15)14-8-10-6-5-7-11(10)13/h9-11H,3-8H2,1-2H3,(H,14,15). The molecule has 1 fully saturated rings. The molecular weight excluding hydrogens is 254 g/mol. The van der Waals surface area contributed by atoms with Crippen LogP contribution in [0, 0.1) is 11.8 Å². The summed E-state index contributed by atoms with van der Waals surface area (Å²) in [6, 6.07) is 0. The van der Waals surface area contributed by atoms with Crippen LogP contribution < -0.4 is 5.32 Å². The summed E-state index contributed by atoms with van der Waals surface area (Å²) in [6.45, 7) is 5.01. The van der Waals surface area contributed by atoms with Crippen LogP contribution in [0.3, 0.4) is 0 Å². The molecule has 2 unspecified atom stereocenters. The topological polar surface area (TPSA) is 29.1 Å². The lowest BCUT2D eigenvalue weighted by molar-refractivity contribution is -0.125. The van der Waals surface area contributed by atoms with Gasteiger partial charge in [0.2, 0.25) is 5.91 Å². The molecule has 0 aromatic carbocycles. The smallest absolute Gasteiger partial charge is 0.223 e. The van der Waals surface area contributed by atoms with Crippen LogP contribution in [0.25, 0.3) is 0 Å². The van der Waals surface area contributed by atoms with Crippen molar-refractivity contribution in [1.82, 2.24) is 5.32 Å². The van der Waals surface area contributed by atoms with E-state index >= 15 is 0 Å². The molecule has 0 heterocycles. The minimum atomic E-state index is 0.208. The van der Waals surface area contributed by atoms with Crippen LogP contribution in [0.15, 0.2) is 0 Å². The Kier molecular flexibility index (Phi) is 5.65. The summed E-state index contributed by atoms with van der Waals surface area (Å²) < 4.78 is 0. The first-order chi connectivity index (χ1) is 7.19. The molecule has 0 aromatic heterocycles. The molecule has 88 valence electrons. The zero-order chi connectivity index (χ0) is 11.3. The van der Waals surface area contributed by atoms with E-state index in [1.54, 1.807) is 0 Å². The average Bonchev–Trinajstić information content (AvgIpc) is 2.63. The number of nitrogens with one attached hydrogen (secondary N) is 1. The molecule has 0 aliphatic heterocycles. The van der Waals surface area contributed by atoms with Gasteiger partial charge >= 0.3 is 0 Å². The highest BCUT2D eigenvalue weighted by atomic mass is 79.9. The van der Waals surface area contributed by atoms with Crippen LogP contribution in [-0.4, -0.2) is 17.3 Å². The molecule has 0 aromatic rings. The Hall–Kier alpha value is -0.0500. The minimum absolute atomic E-state index is 0.208. The molecule has 3 heteroatoms. The molecule has 1 aliphatic carbocycles. The molecule has 0 bridgehead atoms. The number of hydrogen-bond donors (Lipinski definition) is 1. The van der Waals surface area contributed by atoms with Crippen LogP contribution >= 0.6 is 15.9 Å². The highest BCUT2D eigenvalue weighted by Gasteiger charge is 2.25. The molecule has 2 atom stereocenters. The van der Waals surface area contributed by atoms with E-state index in [-0.39, 0.29) is 11.8 Å². The lowest BCUT2D eigenvalue weighted by atomic mass is 10.0. The van der Waals surface area contributed by atoms with Gasteiger partial charge in [-0.25, -0.2) is 0 Å². The predicted octanol–water partition coefficient (Wildman–Crippen LogP) is 3.10. The Labute approximate surface area is 101 Å². The lowest BCUT2D eigenvalue weighted by Crippen LogP contribution is -2.35. The number of amides is 1. The van der Waals surface area contributed by atoms with Gasteiger partial charge in [-0.3, -0.25) is 4.79 Å². The molecule has 1 N–H and O–H groups in total. The highest BCUT2D eigenvalue weighted by molar-refractivity contribution is 9.09. The molecule has 1 amide bonds. The molecule has 0 saturated heterocycles. The predicted molar refractivity (Wildman–Crippen MR) is 67.1 cm³/mol. The van der Waals surface area contributed by atoms with Crippen LogP contribution in [0.1, 0.15) is 46.0 Å². The van der Waals surface area contributed by atoms with E-state index in [9.17, 15) is 4.79 Å². The van der Waals surface area contributed by atoms with Gasteiger partial charge in [0, 0.05) is 17.3 Å². The SMILES string of the molecule is CCC(CC)C(=O)NCC1CCCC1Br. The fourth-order valence-electron chi connectivity index (χ4n) is 2.26. The summed E-state index contributed by atoms with van der Waals surface area (Å²) in [6.07, 6.45) is 5.70. The van der Waals surface area contributed by atoms with Crippen molar-refractivity contribution >= 4 is 21.8 Å². The molecule has 1 aliphatic rings. The van der Waals surface area contributed by atoms with Gasteiger partial charge in [0.05, 0.1) is 0 Å². The second kappa shape index (κ2) is 6.51. The quantitative estimate of drug-likeness (QED) is 0.768. The number of halogens is 1. The summed E-state index contributed by atoms with van der Waals surface area (Å²) in [5.74, 6) is 1.09. The minimum Gasteiger partial charge on any atom is -0.356 e. The monoisotopic (exact) mass is 275 g/mol. The van der Waals surface area contributed by atoms with Crippen molar-refractivity contribution < 1.29 is 4.79 Å². The van der Waals surface area contributed by atoms with Gasteiger partial charge < -0.3 is 5.32 Å². The maximum atomic E-state index is 11.7. The Morgan fingerprint density at radius 3 is 2.53 bits per heavy atom. The van der Waals surface area contributed by atoms with E-state index in [0.717, 1.165) is 19.4 Å². The van der Waals surface area contributed by atoms with Gasteiger partial charge in [-0.05, 0) is 31.6 Å². The lowest BCUT2D eigenvalue weighted by Gasteiger charge is -2.17. The fraction of sp³-hybridized carbons (Fsp3) is 0.917. The van der Waals surface area contributed by atoms with Crippen LogP contribution in [-0.2, 0) is 4.79 Å². The normalized spacial score (nSPS) is 25.9. The van der Waals surface area contributed by atoms with Crippen molar-refractivity contribution in [2.24, 2.45) is 11.8 Å². The van der Waals surface area contributed by atoms with Crippen LogP contribution in [0.2, 0.25) is 0 Å². The van der Waals surface area contributed by atoms with Crippen molar-refractivity contribution in [2.75, 3.05) is 6.54 Å². The second-order valence-corrected chi connectivity index (χ2v) is 5.64. The largest absolute Gasteiger partial charge is 0.356 e. The summed E-state index contributed by atoms with van der Waals surface area (Å²) in [5, 5.41) is 3.09. The number of alkyl halides is 1. The summed E-state index contributed by atoms with van der Waals surface area (Å²) in [5.41, 5.74) is 0. The van der Waals surface area contributed by atoms with Crippen molar-refractivity contribution in [3.8, 4) is 0 Å². The summed E-state index contributed by atoms with van der Waals surface area (Å²) in [4.78, 5) is 12.4. The number of hydrogen-bond acceptors (Lipinski definition) is 1. The van der Waals surface area contributed by atoms with Crippen molar-refractivity contribution in [3.05, 3.63) is 0 Å². The zero-order valence-electron chi connectivity index (χ0n) is 9.76. The molecule has 1 rings (SSSR count). The molecule has 1 saturated carbocycles. The van der Waals surface area contributed by atoms with Crippen LogP contribution in [0.4, 0.5) is 0 Å². The third-order valence-corrected chi connectivity index (χ3v) is 4.67. The first-order valence-corrected chi connectivity index (χ1v) is 7.02. The van der Waals surface area contributed by atoms with Crippen molar-refractivity contribution in [2.45, 2.75) is 50.8 Å². The number of carbonyl (C=O) groups excluding carboxylic acids is 1. The number of rotatable bonds is 5. The van der Waals surface area contributed by atoms with E-state index in [4.69, 9.17) is 0 Å². The van der Waals surface area contributed by atoms with E-state index < -0.39 is 0 Å². The second-order valence-electron chi connectivity index (χ2n) is 4.47. The van der Waals surface area contributed by atoms with Gasteiger partial charge in [-0.15, -0.1) is 0 Å². The number of carbonyl (C=O) groups is 1. The maximum absolute atomic E-state index is 11.7. The van der Waals surface area contributed by atoms with E-state index in [1.807, 2.05) is 0 Å². The third kappa shape index (κ3) is 3.78. The van der Waals surface area contributed by atoms with Crippen LogP contribution in [0.5, 0.6) is 0 Å². The summed E-state index contributed by atoms with van der Waals surface area (Å²) >= 11 is 3.67. The van der Waals surface area contributed by atoms with Crippen molar-refractivity contribution in [3.63, 3.8) is 0 Å². The van der Waals surface area contributed by atoms with Gasteiger partial charge in [0.25, 0.3) is 0 Å². The summed E-state index contributed by atoms with van der Waals surface area (Å²) in [7, 11) is 0. The molecular formula is C12H22BrNO. The van der Waals surface area contributed by atoms with E-state index in [2.05, 4.69) is 35.1 Å². The van der Waals surface area contributed by atoms with E-state index in [1.165, 1.54) is 19.3 Å². The highest BCUT2D eigenvalue weighted by Crippen LogP contribution is 2.30. The van der Waals surface area contributed by atoms with Crippen molar-refractivity contribution in [1.29, 1.82) is 0 Å². The average molecular weight is 276 g/mol. The van der Waals surface area contributed by atoms with Gasteiger partial charge in [-0.1, -0.05) is 36.2 Å². The van der Waals surface area contributed by atoms with E-state index in [0.29, 0.717) is 10.7 Å². The molecule has 15 heavy (non-hydrogen) atoms. The maximum Gasteiger partial charge on any atom is 0.223 e. The Balaban J connectivity index is 2.26. The Morgan fingerprint density at radius 2 is 2.07 bits per heavy atom. The van der Waals surface area contributed by atoms with Gasteiger partial charge in [0.15, 0.2) is 0 Å².